The van der Waals surface area contributed by atoms with Crippen molar-refractivity contribution in [3.8, 4) is 11.5 Å². The Hall–Kier alpha value is -1.75. The van der Waals surface area contributed by atoms with Crippen LogP contribution >= 0.6 is 0 Å². The maximum atomic E-state index is 11.0. The maximum absolute atomic E-state index is 11.0. The van der Waals surface area contributed by atoms with Crippen molar-refractivity contribution in [2.45, 2.75) is 31.4 Å². The monoisotopic (exact) mass is 277 g/mol. The van der Waals surface area contributed by atoms with E-state index in [4.69, 9.17) is 14.6 Å². The second-order valence-electron chi connectivity index (χ2n) is 5.46. The number of benzene rings is 1. The fraction of sp³-hybridized carbons (Fsp3) is 0.533. The summed E-state index contributed by atoms with van der Waals surface area (Å²) in [4.78, 5) is 11.0. The summed E-state index contributed by atoms with van der Waals surface area (Å²) in [6.07, 6.45) is 3.15. The van der Waals surface area contributed by atoms with Gasteiger partial charge >= 0.3 is 5.97 Å². The largest absolute Gasteiger partial charge is 0.493 e. The highest BCUT2D eigenvalue weighted by Crippen LogP contribution is 2.37. The highest BCUT2D eigenvalue weighted by Gasteiger charge is 2.31. The summed E-state index contributed by atoms with van der Waals surface area (Å²) in [6.45, 7) is 0.517. The zero-order valence-corrected chi connectivity index (χ0v) is 11.5. The van der Waals surface area contributed by atoms with E-state index >= 15 is 0 Å². The second-order valence-corrected chi connectivity index (χ2v) is 5.46. The molecule has 1 aromatic carbocycles. The molecule has 1 aliphatic carbocycles. The van der Waals surface area contributed by atoms with Gasteiger partial charge in [-0.3, -0.25) is 4.79 Å². The number of hydrogen-bond donors (Lipinski definition) is 2. The van der Waals surface area contributed by atoms with E-state index in [2.05, 4.69) is 5.32 Å². The fourth-order valence-electron chi connectivity index (χ4n) is 2.54. The summed E-state index contributed by atoms with van der Waals surface area (Å²) in [5.74, 6) is 0.440. The van der Waals surface area contributed by atoms with E-state index < -0.39 is 5.97 Å². The number of carbonyl (C=O) groups is 1. The van der Waals surface area contributed by atoms with Crippen molar-refractivity contribution >= 4 is 5.97 Å². The van der Waals surface area contributed by atoms with E-state index in [0.717, 1.165) is 29.9 Å². The highest BCUT2D eigenvalue weighted by atomic mass is 16.5. The summed E-state index contributed by atoms with van der Waals surface area (Å²) in [5, 5.41) is 12.3. The topological polar surface area (TPSA) is 67.8 Å². The van der Waals surface area contributed by atoms with Gasteiger partial charge in [0, 0.05) is 12.6 Å². The molecule has 108 valence electrons. The molecular weight excluding hydrogens is 258 g/mol. The summed E-state index contributed by atoms with van der Waals surface area (Å²) in [6, 6.07) is 5.92. The molecule has 2 fully saturated rings. The van der Waals surface area contributed by atoms with Crippen molar-refractivity contribution in [1.29, 1.82) is 0 Å². The van der Waals surface area contributed by atoms with Crippen LogP contribution in [0.3, 0.4) is 0 Å². The zero-order chi connectivity index (χ0) is 14.1. The molecule has 20 heavy (non-hydrogen) atoms. The lowest BCUT2D eigenvalue weighted by molar-refractivity contribution is -0.141. The van der Waals surface area contributed by atoms with Crippen LogP contribution in [0, 0.1) is 5.92 Å². The van der Waals surface area contributed by atoms with Crippen molar-refractivity contribution in [2.24, 2.45) is 5.92 Å². The van der Waals surface area contributed by atoms with E-state index in [1.807, 2.05) is 18.2 Å². The Balaban J connectivity index is 1.75. The van der Waals surface area contributed by atoms with E-state index in [1.54, 1.807) is 7.11 Å². The van der Waals surface area contributed by atoms with Crippen molar-refractivity contribution < 1.29 is 19.4 Å². The number of aliphatic carboxylic acids is 1. The number of hydrogen-bond acceptors (Lipinski definition) is 4. The van der Waals surface area contributed by atoms with Gasteiger partial charge in [-0.15, -0.1) is 0 Å². The first-order valence-electron chi connectivity index (χ1n) is 6.98. The Labute approximate surface area is 117 Å². The standard InChI is InChI=1S/C15H19NO4/c1-19-14-7-9(2-5-13(14)20-11-3-4-11)12-6-10(8-16-12)15(17)18/h2,5,7,10-12,16H,3-4,6,8H2,1H3,(H,17,18). The van der Waals surface area contributed by atoms with Gasteiger partial charge in [0.25, 0.3) is 0 Å². The molecule has 1 saturated carbocycles. The normalized spacial score (nSPS) is 25.4. The predicted molar refractivity (Wildman–Crippen MR) is 73.1 cm³/mol. The van der Waals surface area contributed by atoms with Gasteiger partial charge in [-0.05, 0) is 37.0 Å². The molecule has 1 saturated heterocycles. The predicted octanol–water partition coefficient (Wildman–Crippen LogP) is 1.97. The third-order valence-corrected chi connectivity index (χ3v) is 3.89. The third kappa shape index (κ3) is 2.72. The summed E-state index contributed by atoms with van der Waals surface area (Å²) in [7, 11) is 1.63. The van der Waals surface area contributed by atoms with Gasteiger partial charge < -0.3 is 19.9 Å². The van der Waals surface area contributed by atoms with E-state index in [-0.39, 0.29) is 12.0 Å². The van der Waals surface area contributed by atoms with Gasteiger partial charge in [-0.25, -0.2) is 0 Å². The van der Waals surface area contributed by atoms with Crippen LogP contribution in [0.15, 0.2) is 18.2 Å². The first kappa shape index (κ1) is 13.2. The molecule has 2 aliphatic rings. The van der Waals surface area contributed by atoms with Gasteiger partial charge in [-0.2, -0.15) is 0 Å². The lowest BCUT2D eigenvalue weighted by Crippen LogP contribution is -2.17. The van der Waals surface area contributed by atoms with Gasteiger partial charge in [0.1, 0.15) is 0 Å². The second kappa shape index (κ2) is 5.32. The zero-order valence-electron chi connectivity index (χ0n) is 11.5. The Bertz CT molecular complexity index is 513. The molecule has 0 spiro atoms. The van der Waals surface area contributed by atoms with E-state index in [1.165, 1.54) is 0 Å². The number of methoxy groups -OCH3 is 1. The van der Waals surface area contributed by atoms with E-state index in [0.29, 0.717) is 19.1 Å². The molecule has 0 amide bonds. The van der Waals surface area contributed by atoms with Crippen LogP contribution in [0.1, 0.15) is 30.9 Å². The Morgan fingerprint density at radius 1 is 1.35 bits per heavy atom. The molecule has 0 bridgehead atoms. The maximum Gasteiger partial charge on any atom is 0.307 e. The molecule has 2 atom stereocenters. The van der Waals surface area contributed by atoms with Crippen molar-refractivity contribution in [2.75, 3.05) is 13.7 Å². The van der Waals surface area contributed by atoms with Gasteiger partial charge in [0.2, 0.25) is 0 Å². The molecular formula is C15H19NO4. The molecule has 1 aliphatic heterocycles. The van der Waals surface area contributed by atoms with Crippen LogP contribution < -0.4 is 14.8 Å². The average molecular weight is 277 g/mol. The Kier molecular flexibility index (Phi) is 3.53. The quantitative estimate of drug-likeness (QED) is 0.861. The molecule has 2 N–H and O–H groups in total. The van der Waals surface area contributed by atoms with Crippen molar-refractivity contribution in [1.82, 2.24) is 5.32 Å². The van der Waals surface area contributed by atoms with Gasteiger partial charge in [0.05, 0.1) is 19.1 Å². The molecule has 3 rings (SSSR count). The minimum Gasteiger partial charge on any atom is -0.493 e. The van der Waals surface area contributed by atoms with Crippen LogP contribution in [0.2, 0.25) is 0 Å². The number of ether oxygens (including phenoxy) is 2. The van der Waals surface area contributed by atoms with Crippen LogP contribution in [0.25, 0.3) is 0 Å². The molecule has 2 unspecified atom stereocenters. The first-order valence-corrected chi connectivity index (χ1v) is 6.98. The highest BCUT2D eigenvalue weighted by molar-refractivity contribution is 5.70. The number of carboxylic acids is 1. The SMILES string of the molecule is COc1cc(C2CC(C(=O)O)CN2)ccc1OC1CC1. The Morgan fingerprint density at radius 2 is 2.15 bits per heavy atom. The number of carboxylic acid groups (broad SMARTS) is 1. The summed E-state index contributed by atoms with van der Waals surface area (Å²) in [5.41, 5.74) is 1.05. The van der Waals surface area contributed by atoms with Crippen LogP contribution in [0.5, 0.6) is 11.5 Å². The number of rotatable bonds is 5. The van der Waals surface area contributed by atoms with Crippen molar-refractivity contribution in [3.63, 3.8) is 0 Å². The minimum absolute atomic E-state index is 0.0694. The van der Waals surface area contributed by atoms with Crippen LogP contribution in [-0.2, 0) is 4.79 Å². The first-order chi connectivity index (χ1) is 9.67. The number of nitrogens with one attached hydrogen (secondary N) is 1. The minimum atomic E-state index is -0.736. The van der Waals surface area contributed by atoms with E-state index in [9.17, 15) is 4.79 Å². The van der Waals surface area contributed by atoms with Crippen LogP contribution in [-0.4, -0.2) is 30.8 Å². The van der Waals surface area contributed by atoms with Crippen molar-refractivity contribution in [3.05, 3.63) is 23.8 Å². The fourth-order valence-corrected chi connectivity index (χ4v) is 2.54. The smallest absolute Gasteiger partial charge is 0.307 e. The van der Waals surface area contributed by atoms with Crippen LogP contribution in [0.4, 0.5) is 0 Å². The molecule has 0 aromatic heterocycles. The molecule has 5 heteroatoms. The average Bonchev–Trinajstić information content (AvgIpc) is 3.11. The molecule has 0 radical (unpaired) electrons. The lowest BCUT2D eigenvalue weighted by atomic mass is 10.00. The molecule has 1 heterocycles. The third-order valence-electron chi connectivity index (χ3n) is 3.89. The molecule has 1 aromatic rings. The summed E-state index contributed by atoms with van der Waals surface area (Å²) >= 11 is 0. The lowest BCUT2D eigenvalue weighted by Gasteiger charge is -2.15. The Morgan fingerprint density at radius 3 is 2.75 bits per heavy atom. The summed E-state index contributed by atoms with van der Waals surface area (Å²) < 4.78 is 11.2. The molecule has 5 nitrogen and oxygen atoms in total. The van der Waals surface area contributed by atoms with Gasteiger partial charge in [-0.1, -0.05) is 6.07 Å². The van der Waals surface area contributed by atoms with Gasteiger partial charge in [0.15, 0.2) is 11.5 Å².